The van der Waals surface area contributed by atoms with Gasteiger partial charge in [-0.1, -0.05) is 40.2 Å². The van der Waals surface area contributed by atoms with Crippen molar-refractivity contribution in [1.82, 2.24) is 9.88 Å². The molecule has 1 heterocycles. The fourth-order valence-corrected chi connectivity index (χ4v) is 2.09. The summed E-state index contributed by atoms with van der Waals surface area (Å²) in [6.07, 6.45) is 5.94. The van der Waals surface area contributed by atoms with Gasteiger partial charge in [-0.15, -0.1) is 12.4 Å². The highest BCUT2D eigenvalue weighted by Gasteiger charge is 2.05. The predicted molar refractivity (Wildman–Crippen MR) is 91.3 cm³/mol. The monoisotopic (exact) mass is 352 g/mol. The second kappa shape index (κ2) is 8.20. The summed E-state index contributed by atoms with van der Waals surface area (Å²) in [6.45, 7) is 0.903. The van der Waals surface area contributed by atoms with Crippen LogP contribution in [-0.2, 0) is 0 Å². The molecule has 4 heteroatoms. The van der Waals surface area contributed by atoms with Crippen molar-refractivity contribution in [3.05, 3.63) is 70.5 Å². The number of nitrogens with zero attached hydrogens (tertiary/aromatic N) is 2. The van der Waals surface area contributed by atoms with Crippen LogP contribution in [0.2, 0.25) is 0 Å². The lowest BCUT2D eigenvalue weighted by Gasteiger charge is -2.11. The van der Waals surface area contributed by atoms with Crippen LogP contribution in [0.1, 0.15) is 11.1 Å². The van der Waals surface area contributed by atoms with E-state index in [9.17, 15) is 0 Å². The van der Waals surface area contributed by atoms with Gasteiger partial charge in [0.05, 0.1) is 0 Å². The van der Waals surface area contributed by atoms with Crippen molar-refractivity contribution < 1.29 is 0 Å². The fraction of sp³-hybridized carbons (Fsp3) is 0.188. The van der Waals surface area contributed by atoms with E-state index < -0.39 is 0 Å². The molecule has 0 atom stereocenters. The van der Waals surface area contributed by atoms with E-state index >= 15 is 0 Å². The number of hydrogen-bond donors (Lipinski definition) is 0. The first-order valence-electron chi connectivity index (χ1n) is 6.18. The molecule has 0 saturated heterocycles. The van der Waals surface area contributed by atoms with E-state index in [-0.39, 0.29) is 12.4 Å². The lowest BCUT2D eigenvalue weighted by molar-refractivity contribution is 0.457. The van der Waals surface area contributed by atoms with Gasteiger partial charge >= 0.3 is 0 Å². The van der Waals surface area contributed by atoms with Gasteiger partial charge in [0.15, 0.2) is 0 Å². The number of rotatable bonds is 4. The van der Waals surface area contributed by atoms with Gasteiger partial charge in [0, 0.05) is 29.0 Å². The maximum absolute atomic E-state index is 4.21. The Morgan fingerprint density at radius 1 is 1.15 bits per heavy atom. The lowest BCUT2D eigenvalue weighted by atomic mass is 9.99. The Bertz CT molecular complexity index is 550. The molecule has 0 saturated carbocycles. The second-order valence-electron chi connectivity index (χ2n) is 4.63. The molecule has 2 rings (SSSR count). The maximum atomic E-state index is 4.21. The molecule has 0 N–H and O–H groups in total. The minimum atomic E-state index is 0. The number of pyridine rings is 1. The number of likely N-dealkylation sites (N-methyl/N-ethyl adjacent to an activating group) is 1. The first-order valence-corrected chi connectivity index (χ1v) is 6.97. The zero-order valence-electron chi connectivity index (χ0n) is 11.6. The minimum absolute atomic E-state index is 0. The molecule has 0 aliphatic heterocycles. The Morgan fingerprint density at radius 2 is 1.85 bits per heavy atom. The van der Waals surface area contributed by atoms with Crippen molar-refractivity contribution in [2.24, 2.45) is 0 Å². The molecule has 0 unspecified atom stereocenters. The number of halogens is 2. The minimum Gasteiger partial charge on any atom is -0.306 e. The Labute approximate surface area is 135 Å². The molecule has 1 aromatic heterocycles. The lowest BCUT2D eigenvalue weighted by Crippen LogP contribution is -2.11. The molecule has 2 aromatic rings. The van der Waals surface area contributed by atoms with Gasteiger partial charge in [-0.05, 0) is 43.4 Å². The van der Waals surface area contributed by atoms with Crippen LogP contribution < -0.4 is 0 Å². The molecule has 0 aliphatic carbocycles. The van der Waals surface area contributed by atoms with Crippen LogP contribution >= 0.6 is 28.3 Å². The van der Waals surface area contributed by atoms with Gasteiger partial charge in [-0.2, -0.15) is 0 Å². The van der Waals surface area contributed by atoms with Crippen LogP contribution in [0, 0.1) is 0 Å². The summed E-state index contributed by atoms with van der Waals surface area (Å²) < 4.78 is 1.09. The Kier molecular flexibility index (Phi) is 6.93. The van der Waals surface area contributed by atoms with Crippen LogP contribution in [-0.4, -0.2) is 30.5 Å². The summed E-state index contributed by atoms with van der Waals surface area (Å²) in [7, 11) is 4.14. The van der Waals surface area contributed by atoms with E-state index in [0.717, 1.165) is 16.6 Å². The van der Waals surface area contributed by atoms with E-state index in [2.05, 4.69) is 76.3 Å². The van der Waals surface area contributed by atoms with E-state index in [0.29, 0.717) is 0 Å². The van der Waals surface area contributed by atoms with Crippen LogP contribution in [0.4, 0.5) is 0 Å². The van der Waals surface area contributed by atoms with Gasteiger partial charge in [0.1, 0.15) is 0 Å². The van der Waals surface area contributed by atoms with E-state index in [4.69, 9.17) is 0 Å². The Morgan fingerprint density at radius 3 is 2.40 bits per heavy atom. The number of hydrogen-bond acceptors (Lipinski definition) is 2. The van der Waals surface area contributed by atoms with Gasteiger partial charge in [0.25, 0.3) is 0 Å². The third-order valence-electron chi connectivity index (χ3n) is 2.79. The predicted octanol–water partition coefficient (Wildman–Crippen LogP) is 4.26. The molecule has 0 fully saturated rings. The van der Waals surface area contributed by atoms with Crippen molar-refractivity contribution in [3.8, 4) is 0 Å². The molecule has 0 bridgehead atoms. The highest BCUT2D eigenvalue weighted by atomic mass is 79.9. The van der Waals surface area contributed by atoms with Crippen LogP contribution in [0.15, 0.2) is 59.3 Å². The average molecular weight is 354 g/mol. The normalized spacial score (nSPS) is 11.3. The zero-order chi connectivity index (χ0) is 13.7. The molecule has 0 spiro atoms. The third-order valence-corrected chi connectivity index (χ3v) is 3.32. The first kappa shape index (κ1) is 16.9. The second-order valence-corrected chi connectivity index (χ2v) is 5.54. The highest BCUT2D eigenvalue weighted by Crippen LogP contribution is 2.24. The maximum Gasteiger partial charge on any atom is 0.0346 e. The molecule has 0 radical (unpaired) electrons. The van der Waals surface area contributed by atoms with Crippen molar-refractivity contribution in [3.63, 3.8) is 0 Å². The van der Waals surface area contributed by atoms with Crippen LogP contribution in [0.3, 0.4) is 0 Å². The SMILES string of the molecule is CN(C)C/C=C(\c1ccc(Br)cc1)c1cccnc1.Cl. The van der Waals surface area contributed by atoms with Crippen molar-refractivity contribution in [1.29, 1.82) is 0 Å². The fourth-order valence-electron chi connectivity index (χ4n) is 1.83. The Balaban J connectivity index is 0.00000200. The summed E-state index contributed by atoms with van der Waals surface area (Å²) >= 11 is 3.47. The largest absolute Gasteiger partial charge is 0.306 e. The molecule has 2 nitrogen and oxygen atoms in total. The third kappa shape index (κ3) is 4.75. The average Bonchev–Trinajstić information content (AvgIpc) is 2.42. The van der Waals surface area contributed by atoms with Gasteiger partial charge in [-0.25, -0.2) is 0 Å². The molecule has 20 heavy (non-hydrogen) atoms. The summed E-state index contributed by atoms with van der Waals surface area (Å²) in [5.74, 6) is 0. The summed E-state index contributed by atoms with van der Waals surface area (Å²) in [5, 5.41) is 0. The van der Waals surface area contributed by atoms with E-state index in [1.165, 1.54) is 11.1 Å². The van der Waals surface area contributed by atoms with E-state index in [1.807, 2.05) is 12.3 Å². The summed E-state index contributed by atoms with van der Waals surface area (Å²) in [4.78, 5) is 6.36. The number of benzene rings is 1. The van der Waals surface area contributed by atoms with Crippen molar-refractivity contribution >= 4 is 33.9 Å². The van der Waals surface area contributed by atoms with Gasteiger partial charge in [-0.3, -0.25) is 4.98 Å². The number of aromatic nitrogens is 1. The topological polar surface area (TPSA) is 16.1 Å². The summed E-state index contributed by atoms with van der Waals surface area (Å²) in [5.41, 5.74) is 3.57. The van der Waals surface area contributed by atoms with Crippen LogP contribution in [0.5, 0.6) is 0 Å². The van der Waals surface area contributed by atoms with Gasteiger partial charge < -0.3 is 4.90 Å². The Hall–Kier alpha value is -1.16. The summed E-state index contributed by atoms with van der Waals surface area (Å²) in [6, 6.07) is 12.4. The molecular weight excluding hydrogens is 336 g/mol. The van der Waals surface area contributed by atoms with E-state index in [1.54, 1.807) is 6.20 Å². The standard InChI is InChI=1S/C16H17BrN2.ClH/c1-19(2)11-9-16(14-4-3-10-18-12-14)13-5-7-15(17)8-6-13;/h3-10,12H,11H2,1-2H3;1H/b16-9+;. The quantitative estimate of drug-likeness (QED) is 0.816. The van der Waals surface area contributed by atoms with Gasteiger partial charge in [0.2, 0.25) is 0 Å². The van der Waals surface area contributed by atoms with Crippen molar-refractivity contribution in [2.45, 2.75) is 0 Å². The molecule has 0 aliphatic rings. The molecule has 1 aromatic carbocycles. The van der Waals surface area contributed by atoms with Crippen LogP contribution in [0.25, 0.3) is 5.57 Å². The smallest absolute Gasteiger partial charge is 0.0346 e. The first-order chi connectivity index (χ1) is 9.16. The van der Waals surface area contributed by atoms with Crippen molar-refractivity contribution in [2.75, 3.05) is 20.6 Å². The molecule has 0 amide bonds. The molecule has 106 valence electrons. The zero-order valence-corrected chi connectivity index (χ0v) is 14.0. The highest BCUT2D eigenvalue weighted by molar-refractivity contribution is 9.10. The molecular formula is C16H18BrClN2.